The number of fused-ring (bicyclic) bond motifs is 1. The van der Waals surface area contributed by atoms with Gasteiger partial charge in [0.1, 0.15) is 6.04 Å². The van der Waals surface area contributed by atoms with Crippen LogP contribution in [0, 0.1) is 0 Å². The second kappa shape index (κ2) is 3.49. The van der Waals surface area contributed by atoms with Gasteiger partial charge in [-0.1, -0.05) is 23.7 Å². The van der Waals surface area contributed by atoms with Crippen LogP contribution in [0.25, 0.3) is 10.9 Å². The van der Waals surface area contributed by atoms with E-state index in [9.17, 15) is 9.59 Å². The number of nitrogens with one attached hydrogen (secondary N) is 3. The van der Waals surface area contributed by atoms with Gasteiger partial charge in [0.25, 0.3) is 5.91 Å². The highest BCUT2D eigenvalue weighted by atomic mass is 35.5. The number of hydrogen-bond acceptors (Lipinski definition) is 2. The van der Waals surface area contributed by atoms with E-state index in [-0.39, 0.29) is 5.91 Å². The number of benzene rings is 1. The van der Waals surface area contributed by atoms with Crippen LogP contribution in [-0.2, 0) is 4.79 Å². The van der Waals surface area contributed by atoms with Gasteiger partial charge in [0.15, 0.2) is 0 Å². The van der Waals surface area contributed by atoms with E-state index in [0.717, 1.165) is 10.9 Å². The van der Waals surface area contributed by atoms with Gasteiger partial charge in [-0.2, -0.15) is 0 Å². The smallest absolute Gasteiger partial charge is 0.322 e. The first-order valence-corrected chi connectivity index (χ1v) is 5.41. The third kappa shape index (κ3) is 1.47. The lowest BCUT2D eigenvalue weighted by atomic mass is 10.1. The molecule has 0 radical (unpaired) electrons. The number of urea groups is 1. The van der Waals surface area contributed by atoms with Crippen molar-refractivity contribution in [3.8, 4) is 0 Å². The van der Waals surface area contributed by atoms with E-state index in [1.165, 1.54) is 0 Å². The van der Waals surface area contributed by atoms with Crippen LogP contribution in [0.4, 0.5) is 4.79 Å². The van der Waals surface area contributed by atoms with E-state index in [1.54, 1.807) is 18.3 Å². The van der Waals surface area contributed by atoms with Crippen molar-refractivity contribution in [3.05, 3.63) is 35.0 Å². The van der Waals surface area contributed by atoms with E-state index in [0.29, 0.717) is 10.6 Å². The molecule has 17 heavy (non-hydrogen) atoms. The van der Waals surface area contributed by atoms with Gasteiger partial charge in [-0.15, -0.1) is 0 Å². The summed E-state index contributed by atoms with van der Waals surface area (Å²) in [7, 11) is 0. The maximum absolute atomic E-state index is 11.6. The van der Waals surface area contributed by atoms with Crippen molar-refractivity contribution in [2.24, 2.45) is 0 Å². The number of aromatic amines is 1. The average Bonchev–Trinajstić information content (AvgIpc) is 2.83. The molecular weight excluding hydrogens is 242 g/mol. The molecule has 0 aliphatic carbocycles. The number of para-hydroxylation sites is 1. The lowest BCUT2D eigenvalue weighted by Crippen LogP contribution is -2.22. The first kappa shape index (κ1) is 10.2. The molecule has 86 valence electrons. The van der Waals surface area contributed by atoms with Crippen molar-refractivity contribution in [1.29, 1.82) is 0 Å². The Balaban J connectivity index is 2.16. The van der Waals surface area contributed by atoms with Gasteiger partial charge in [0.05, 0.1) is 10.5 Å². The third-order valence-electron chi connectivity index (χ3n) is 2.78. The summed E-state index contributed by atoms with van der Waals surface area (Å²) in [5.41, 5.74) is 1.48. The van der Waals surface area contributed by atoms with Crippen LogP contribution in [-0.4, -0.2) is 16.9 Å². The molecule has 2 aromatic rings. The van der Waals surface area contributed by atoms with Crippen LogP contribution in [0.1, 0.15) is 11.6 Å². The molecule has 1 unspecified atom stereocenters. The minimum absolute atomic E-state index is 0.351. The molecule has 3 rings (SSSR count). The van der Waals surface area contributed by atoms with Gasteiger partial charge in [-0.25, -0.2) is 4.79 Å². The van der Waals surface area contributed by atoms with E-state index in [4.69, 9.17) is 11.6 Å². The molecule has 1 aliphatic heterocycles. The average molecular weight is 250 g/mol. The number of hydrogen-bond donors (Lipinski definition) is 3. The second-order valence-electron chi connectivity index (χ2n) is 3.80. The molecule has 0 saturated carbocycles. The van der Waals surface area contributed by atoms with Gasteiger partial charge in [-0.3, -0.25) is 10.1 Å². The minimum Gasteiger partial charge on any atom is -0.360 e. The van der Waals surface area contributed by atoms with Crippen molar-refractivity contribution in [2.75, 3.05) is 0 Å². The normalized spacial score (nSPS) is 19.5. The predicted molar refractivity (Wildman–Crippen MR) is 62.7 cm³/mol. The molecule has 1 atom stereocenters. The Kier molecular flexibility index (Phi) is 2.09. The van der Waals surface area contributed by atoms with Crippen LogP contribution in [0.3, 0.4) is 0 Å². The minimum atomic E-state index is -0.658. The molecule has 1 aliphatic rings. The first-order valence-electron chi connectivity index (χ1n) is 5.03. The number of halogens is 1. The summed E-state index contributed by atoms with van der Waals surface area (Å²) >= 11 is 6.02. The van der Waals surface area contributed by atoms with Crippen LogP contribution in [0.15, 0.2) is 24.4 Å². The Bertz CT molecular complexity index is 635. The molecule has 1 saturated heterocycles. The molecule has 5 nitrogen and oxygen atoms in total. The predicted octanol–water partition coefficient (Wildman–Crippen LogP) is 1.70. The van der Waals surface area contributed by atoms with Crippen molar-refractivity contribution in [2.45, 2.75) is 6.04 Å². The van der Waals surface area contributed by atoms with Crippen LogP contribution in [0.5, 0.6) is 0 Å². The summed E-state index contributed by atoms with van der Waals surface area (Å²) in [5.74, 6) is -0.351. The zero-order valence-corrected chi connectivity index (χ0v) is 9.34. The lowest BCUT2D eigenvalue weighted by Gasteiger charge is -2.05. The van der Waals surface area contributed by atoms with Gasteiger partial charge >= 0.3 is 6.03 Å². The highest BCUT2D eigenvalue weighted by Crippen LogP contribution is 2.29. The van der Waals surface area contributed by atoms with Crippen molar-refractivity contribution < 1.29 is 9.59 Å². The fourth-order valence-electron chi connectivity index (χ4n) is 2.01. The molecule has 3 N–H and O–H groups in total. The molecule has 0 bridgehead atoms. The van der Waals surface area contributed by atoms with Crippen LogP contribution in [0.2, 0.25) is 5.02 Å². The maximum atomic E-state index is 11.6. The summed E-state index contributed by atoms with van der Waals surface area (Å²) in [4.78, 5) is 25.7. The Hall–Kier alpha value is -2.01. The van der Waals surface area contributed by atoms with Gasteiger partial charge in [0, 0.05) is 17.1 Å². The fraction of sp³-hybridized carbons (Fsp3) is 0.0909. The molecule has 6 heteroatoms. The van der Waals surface area contributed by atoms with Crippen LogP contribution < -0.4 is 10.6 Å². The topological polar surface area (TPSA) is 74.0 Å². The van der Waals surface area contributed by atoms with E-state index in [1.807, 2.05) is 6.07 Å². The SMILES string of the molecule is O=C1NC(=O)C(c2c[nH]c3c(Cl)cccc23)N1. The van der Waals surface area contributed by atoms with Gasteiger partial charge in [-0.05, 0) is 6.07 Å². The highest BCUT2D eigenvalue weighted by molar-refractivity contribution is 6.35. The number of amides is 3. The Labute approximate surface area is 101 Å². The number of imide groups is 1. The number of aromatic nitrogens is 1. The van der Waals surface area contributed by atoms with Crippen molar-refractivity contribution in [3.63, 3.8) is 0 Å². The van der Waals surface area contributed by atoms with E-state index < -0.39 is 12.1 Å². The molecule has 1 aromatic carbocycles. The fourth-order valence-corrected chi connectivity index (χ4v) is 2.24. The Morgan fingerprint density at radius 3 is 2.76 bits per heavy atom. The first-order chi connectivity index (χ1) is 8.16. The summed E-state index contributed by atoms with van der Waals surface area (Å²) in [6.45, 7) is 0. The monoisotopic (exact) mass is 249 g/mol. The summed E-state index contributed by atoms with van der Waals surface area (Å²) < 4.78 is 0. The summed E-state index contributed by atoms with van der Waals surface area (Å²) in [6, 6.07) is 4.28. The van der Waals surface area contributed by atoms with Gasteiger partial charge < -0.3 is 10.3 Å². The zero-order chi connectivity index (χ0) is 12.0. The second-order valence-corrected chi connectivity index (χ2v) is 4.21. The zero-order valence-electron chi connectivity index (χ0n) is 8.58. The standard InChI is InChI=1S/C11H8ClN3O2/c12-7-3-1-2-5-6(4-13-8(5)7)9-10(16)15-11(17)14-9/h1-4,9,13H,(H2,14,15,16,17). The quantitative estimate of drug-likeness (QED) is 0.673. The Morgan fingerprint density at radius 1 is 1.24 bits per heavy atom. The van der Waals surface area contributed by atoms with Gasteiger partial charge in [0.2, 0.25) is 0 Å². The van der Waals surface area contributed by atoms with Crippen molar-refractivity contribution >= 4 is 34.4 Å². The van der Waals surface area contributed by atoms with Crippen molar-refractivity contribution in [1.82, 2.24) is 15.6 Å². The Morgan fingerprint density at radius 2 is 2.06 bits per heavy atom. The molecular formula is C11H8ClN3O2. The third-order valence-corrected chi connectivity index (χ3v) is 3.10. The summed E-state index contributed by atoms with van der Waals surface area (Å²) in [6.07, 6.45) is 1.69. The number of rotatable bonds is 1. The van der Waals surface area contributed by atoms with E-state index in [2.05, 4.69) is 15.6 Å². The molecule has 1 aromatic heterocycles. The highest BCUT2D eigenvalue weighted by Gasteiger charge is 2.32. The van der Waals surface area contributed by atoms with E-state index >= 15 is 0 Å². The molecule has 1 fully saturated rings. The number of carbonyl (C=O) groups is 2. The molecule has 3 amide bonds. The van der Waals surface area contributed by atoms with Crippen LogP contribution >= 0.6 is 11.6 Å². The molecule has 0 spiro atoms. The molecule has 2 heterocycles. The summed E-state index contributed by atoms with van der Waals surface area (Å²) in [5, 5.41) is 6.17. The maximum Gasteiger partial charge on any atom is 0.322 e. The number of H-pyrrole nitrogens is 1. The largest absolute Gasteiger partial charge is 0.360 e. The lowest BCUT2D eigenvalue weighted by molar-refractivity contribution is -0.120. The number of carbonyl (C=O) groups excluding carboxylic acids is 2.